The van der Waals surface area contributed by atoms with E-state index in [2.05, 4.69) is 15.0 Å². The molecule has 0 aliphatic carbocycles. The van der Waals surface area contributed by atoms with Crippen molar-refractivity contribution >= 4 is 11.9 Å². The molecule has 0 radical (unpaired) electrons. The van der Waals surface area contributed by atoms with Crippen molar-refractivity contribution in [2.75, 3.05) is 24.2 Å². The van der Waals surface area contributed by atoms with Crippen LogP contribution < -0.4 is 10.1 Å². The van der Waals surface area contributed by atoms with Gasteiger partial charge in [0.2, 0.25) is 0 Å². The highest BCUT2D eigenvalue weighted by Crippen LogP contribution is 2.19. The fraction of sp³-hybridized carbons (Fsp3) is 0.182. The van der Waals surface area contributed by atoms with Gasteiger partial charge in [0, 0.05) is 19.7 Å². The Bertz CT molecular complexity index is 504. The Morgan fingerprint density at radius 1 is 0.833 bits per heavy atom. The van der Waals surface area contributed by atoms with Gasteiger partial charge in [-0.1, -0.05) is 30.3 Å². The van der Waals surface area contributed by atoms with E-state index in [1.54, 1.807) is 0 Å². The molecule has 2 aromatic rings. The van der Waals surface area contributed by atoms with Gasteiger partial charge in [0.25, 0.3) is 11.9 Å². The summed E-state index contributed by atoms with van der Waals surface area (Å²) in [5.41, 5.74) is 0.770. The average molecular weight is 247 g/mol. The molecule has 0 spiro atoms. The van der Waals surface area contributed by atoms with Crippen LogP contribution >= 0.6 is 0 Å². The van der Waals surface area contributed by atoms with Gasteiger partial charge in [0.1, 0.15) is 0 Å². The molecule has 0 aliphatic heterocycles. The van der Waals surface area contributed by atoms with Crippen molar-refractivity contribution in [2.24, 2.45) is 0 Å². The minimum Gasteiger partial charge on any atom is -0.286 e. The fourth-order valence-corrected chi connectivity index (χ4v) is 1.36. The van der Waals surface area contributed by atoms with Gasteiger partial charge in [-0.05, 0) is 0 Å². The molecule has 0 bridgehead atoms. The van der Waals surface area contributed by atoms with E-state index in [1.807, 2.05) is 30.3 Å². The van der Waals surface area contributed by atoms with Crippen LogP contribution in [0.25, 0.3) is 11.4 Å². The first kappa shape index (κ1) is 12.2. The number of benzene rings is 1. The summed E-state index contributed by atoms with van der Waals surface area (Å²) in [5.74, 6) is 0.483. The van der Waals surface area contributed by atoms with Crippen molar-refractivity contribution in [3.8, 4) is 11.4 Å². The molecule has 18 heavy (non-hydrogen) atoms. The number of hydrogen-bond donors (Lipinski definition) is 2. The highest BCUT2D eigenvalue weighted by molar-refractivity contribution is 5.57. The van der Waals surface area contributed by atoms with Crippen LogP contribution in [0.4, 0.5) is 11.9 Å². The van der Waals surface area contributed by atoms with E-state index in [9.17, 15) is 10.4 Å². The van der Waals surface area contributed by atoms with Gasteiger partial charge in [-0.25, -0.2) is 10.1 Å². The van der Waals surface area contributed by atoms with Gasteiger partial charge < -0.3 is 0 Å². The highest BCUT2D eigenvalue weighted by Gasteiger charge is 2.12. The third kappa shape index (κ3) is 2.53. The van der Waals surface area contributed by atoms with Crippen LogP contribution in [0.1, 0.15) is 0 Å². The maximum absolute atomic E-state index is 9.38. The summed E-state index contributed by atoms with van der Waals surface area (Å²) in [7, 11) is 2.79. The Kier molecular flexibility index (Phi) is 3.35. The van der Waals surface area contributed by atoms with Gasteiger partial charge in [0.05, 0.1) is 0 Å². The number of hydrogen-bond acceptors (Lipinski definition) is 7. The Morgan fingerprint density at radius 2 is 1.33 bits per heavy atom. The van der Waals surface area contributed by atoms with E-state index in [0.29, 0.717) is 5.82 Å². The molecule has 0 atom stereocenters. The number of rotatable bonds is 3. The summed E-state index contributed by atoms with van der Waals surface area (Å²) in [6.07, 6.45) is 0. The van der Waals surface area contributed by atoms with E-state index in [1.165, 1.54) is 14.1 Å². The fourth-order valence-electron chi connectivity index (χ4n) is 1.36. The van der Waals surface area contributed by atoms with Crippen molar-refractivity contribution in [3.05, 3.63) is 30.3 Å². The monoisotopic (exact) mass is 247 g/mol. The Labute approximate surface area is 104 Å². The lowest BCUT2D eigenvalue weighted by atomic mass is 10.2. The van der Waals surface area contributed by atoms with E-state index in [4.69, 9.17) is 0 Å². The molecule has 1 aromatic heterocycles. The minimum atomic E-state index is 0.0553. The maximum atomic E-state index is 9.38. The predicted octanol–water partition coefficient (Wildman–Crippen LogP) is 1.19. The third-order valence-corrected chi connectivity index (χ3v) is 2.22. The average Bonchev–Trinajstić information content (AvgIpc) is 2.39. The lowest BCUT2D eigenvalue weighted by Gasteiger charge is -2.14. The summed E-state index contributed by atoms with van der Waals surface area (Å²) < 4.78 is 0. The lowest BCUT2D eigenvalue weighted by Crippen LogP contribution is -2.20. The topological polar surface area (TPSA) is 85.6 Å². The smallest absolute Gasteiger partial charge is 0.254 e. The van der Waals surface area contributed by atoms with E-state index in [-0.39, 0.29) is 11.9 Å². The van der Waals surface area contributed by atoms with Crippen molar-refractivity contribution < 1.29 is 10.4 Å². The molecular formula is C11H13N5O2. The van der Waals surface area contributed by atoms with Crippen LogP contribution in [0.3, 0.4) is 0 Å². The number of hydroxylamine groups is 2. The molecule has 0 unspecified atom stereocenters. The second-order valence-corrected chi connectivity index (χ2v) is 3.67. The van der Waals surface area contributed by atoms with Crippen LogP contribution in [0.2, 0.25) is 0 Å². The van der Waals surface area contributed by atoms with E-state index in [0.717, 1.165) is 15.7 Å². The maximum Gasteiger partial charge on any atom is 0.254 e. The van der Waals surface area contributed by atoms with Crippen molar-refractivity contribution in [2.45, 2.75) is 0 Å². The van der Waals surface area contributed by atoms with Crippen molar-refractivity contribution in [1.29, 1.82) is 0 Å². The van der Waals surface area contributed by atoms with Crippen LogP contribution in [-0.2, 0) is 0 Å². The van der Waals surface area contributed by atoms with Crippen LogP contribution in [0.15, 0.2) is 30.3 Å². The zero-order chi connectivity index (χ0) is 13.1. The van der Waals surface area contributed by atoms with E-state index < -0.39 is 0 Å². The molecule has 1 aromatic carbocycles. The van der Waals surface area contributed by atoms with Crippen LogP contribution in [0.5, 0.6) is 0 Å². The van der Waals surface area contributed by atoms with Gasteiger partial charge >= 0.3 is 0 Å². The summed E-state index contributed by atoms with van der Waals surface area (Å²) in [4.78, 5) is 12.1. The van der Waals surface area contributed by atoms with Crippen LogP contribution in [0, 0.1) is 0 Å². The van der Waals surface area contributed by atoms with Crippen molar-refractivity contribution in [1.82, 2.24) is 15.0 Å². The molecule has 2 N–H and O–H groups in total. The second kappa shape index (κ2) is 4.94. The molecular weight excluding hydrogens is 234 g/mol. The van der Waals surface area contributed by atoms with Gasteiger partial charge in [-0.3, -0.25) is 10.4 Å². The molecule has 0 saturated heterocycles. The molecule has 7 nitrogen and oxygen atoms in total. The Morgan fingerprint density at radius 3 is 1.78 bits per heavy atom. The molecule has 1 heterocycles. The Balaban J connectivity index is 2.54. The molecule has 0 fully saturated rings. The minimum absolute atomic E-state index is 0.0553. The third-order valence-electron chi connectivity index (χ3n) is 2.22. The molecule has 0 saturated carbocycles. The zero-order valence-electron chi connectivity index (χ0n) is 10.0. The van der Waals surface area contributed by atoms with Gasteiger partial charge in [-0.15, -0.1) is 0 Å². The zero-order valence-corrected chi connectivity index (χ0v) is 10.0. The second-order valence-electron chi connectivity index (χ2n) is 3.67. The van der Waals surface area contributed by atoms with E-state index >= 15 is 0 Å². The summed E-state index contributed by atoms with van der Waals surface area (Å²) in [6.45, 7) is 0. The molecule has 7 heteroatoms. The first-order valence-corrected chi connectivity index (χ1v) is 5.24. The summed E-state index contributed by atoms with van der Waals surface area (Å²) >= 11 is 0. The Hall–Kier alpha value is -2.25. The standard InChI is InChI=1S/C11H13N5O2/c1-15(17)10-12-9(8-6-4-3-5-7-8)13-11(14-10)16(2)18/h3-7,17-18H,1-2H3. The quantitative estimate of drug-likeness (QED) is 0.788. The first-order chi connectivity index (χ1) is 8.58. The normalized spacial score (nSPS) is 10.2. The highest BCUT2D eigenvalue weighted by atomic mass is 16.5. The van der Waals surface area contributed by atoms with Gasteiger partial charge in [-0.2, -0.15) is 15.0 Å². The summed E-state index contributed by atoms with van der Waals surface area (Å²) in [5, 5.41) is 20.3. The molecule has 2 rings (SSSR count). The van der Waals surface area contributed by atoms with Crippen molar-refractivity contribution in [3.63, 3.8) is 0 Å². The SMILES string of the molecule is CN(O)c1nc(-c2ccccc2)nc(N(C)O)n1. The molecule has 94 valence electrons. The van der Waals surface area contributed by atoms with Gasteiger partial charge in [0.15, 0.2) is 5.82 Å². The van der Waals surface area contributed by atoms with Crippen LogP contribution in [-0.4, -0.2) is 39.5 Å². The summed E-state index contributed by atoms with van der Waals surface area (Å²) in [6, 6.07) is 9.24. The molecule has 0 aliphatic rings. The largest absolute Gasteiger partial charge is 0.286 e. The number of nitrogens with zero attached hydrogens (tertiary/aromatic N) is 5. The number of aromatic nitrogens is 3. The first-order valence-electron chi connectivity index (χ1n) is 5.24. The predicted molar refractivity (Wildman–Crippen MR) is 65.6 cm³/mol. The molecule has 0 amide bonds. The lowest BCUT2D eigenvalue weighted by molar-refractivity contribution is 0.264. The number of anilines is 2.